The minimum atomic E-state index is -0.144. The summed E-state index contributed by atoms with van der Waals surface area (Å²) in [4.78, 5) is 14.4. The molecule has 2 aromatic rings. The average Bonchev–Trinajstić information content (AvgIpc) is 2.69. The van der Waals surface area contributed by atoms with Crippen molar-refractivity contribution >= 4 is 29.1 Å². The van der Waals surface area contributed by atoms with Crippen LogP contribution in [0.5, 0.6) is 11.5 Å². The molecular weight excluding hydrogens is 401 g/mol. The molecule has 1 unspecified atom stereocenters. The number of benzene rings is 2. The van der Waals surface area contributed by atoms with Crippen molar-refractivity contribution in [2.45, 2.75) is 25.3 Å². The lowest BCUT2D eigenvalue weighted by molar-refractivity contribution is -0.130. The predicted octanol–water partition coefficient (Wildman–Crippen LogP) is 4.53. The second-order valence-electron chi connectivity index (χ2n) is 6.56. The van der Waals surface area contributed by atoms with Crippen LogP contribution in [0.25, 0.3) is 0 Å². The number of aliphatic hydroxyl groups is 1. The highest BCUT2D eigenvalue weighted by atomic mass is 35.5. The first-order chi connectivity index (χ1) is 13.4. The molecular formula is C21H25Cl2NO4. The molecule has 0 aliphatic carbocycles. The molecule has 0 aliphatic rings. The lowest BCUT2D eigenvalue weighted by Gasteiger charge is -2.22. The summed E-state index contributed by atoms with van der Waals surface area (Å²) >= 11 is 12.1. The maximum atomic E-state index is 12.8. The van der Waals surface area contributed by atoms with E-state index in [0.29, 0.717) is 34.5 Å². The molecule has 0 aromatic heterocycles. The number of hydrogen-bond donors (Lipinski definition) is 1. The van der Waals surface area contributed by atoms with E-state index in [0.717, 1.165) is 11.1 Å². The number of methoxy groups -OCH3 is 2. The van der Waals surface area contributed by atoms with Crippen LogP contribution in [0.3, 0.4) is 0 Å². The van der Waals surface area contributed by atoms with E-state index in [2.05, 4.69) is 0 Å². The minimum absolute atomic E-state index is 0.0189. The summed E-state index contributed by atoms with van der Waals surface area (Å²) < 4.78 is 10.6. The molecule has 0 saturated heterocycles. The van der Waals surface area contributed by atoms with Crippen molar-refractivity contribution in [1.82, 2.24) is 4.90 Å². The van der Waals surface area contributed by atoms with Gasteiger partial charge in [-0.1, -0.05) is 29.3 Å². The van der Waals surface area contributed by atoms with E-state index in [1.165, 1.54) is 0 Å². The molecule has 152 valence electrons. The first kappa shape index (κ1) is 22.3. The van der Waals surface area contributed by atoms with Crippen LogP contribution in [0.2, 0.25) is 10.0 Å². The quantitative estimate of drug-likeness (QED) is 0.641. The van der Waals surface area contributed by atoms with Crippen molar-refractivity contribution in [3.8, 4) is 11.5 Å². The van der Waals surface area contributed by atoms with Crippen LogP contribution in [0, 0.1) is 0 Å². The molecule has 0 fully saturated rings. The third-order valence-electron chi connectivity index (χ3n) is 4.57. The molecule has 7 heteroatoms. The lowest BCUT2D eigenvalue weighted by atomic mass is 9.92. The molecule has 0 radical (unpaired) electrons. The number of hydrogen-bond acceptors (Lipinski definition) is 4. The summed E-state index contributed by atoms with van der Waals surface area (Å²) in [5.74, 6) is 1.16. The Morgan fingerprint density at radius 1 is 1.07 bits per heavy atom. The summed E-state index contributed by atoms with van der Waals surface area (Å²) in [6, 6.07) is 10.8. The lowest BCUT2D eigenvalue weighted by Crippen LogP contribution is -2.28. The number of halogens is 2. The monoisotopic (exact) mass is 425 g/mol. The number of carbonyl (C=O) groups is 1. The third kappa shape index (κ3) is 6.03. The van der Waals surface area contributed by atoms with Crippen LogP contribution in [0.4, 0.5) is 0 Å². The van der Waals surface area contributed by atoms with Gasteiger partial charge in [0.05, 0.1) is 24.3 Å². The Morgan fingerprint density at radius 2 is 1.71 bits per heavy atom. The van der Waals surface area contributed by atoms with Crippen LogP contribution in [-0.4, -0.2) is 43.8 Å². The van der Waals surface area contributed by atoms with Crippen LogP contribution in [0.1, 0.15) is 29.9 Å². The van der Waals surface area contributed by atoms with Gasteiger partial charge in [0.15, 0.2) is 0 Å². The summed E-state index contributed by atoms with van der Waals surface area (Å²) in [7, 11) is 4.92. The zero-order chi connectivity index (χ0) is 20.7. The molecule has 2 aromatic carbocycles. The van der Waals surface area contributed by atoms with Gasteiger partial charge in [0.1, 0.15) is 11.5 Å². The number of rotatable bonds is 9. The van der Waals surface area contributed by atoms with Gasteiger partial charge >= 0.3 is 0 Å². The molecule has 28 heavy (non-hydrogen) atoms. The van der Waals surface area contributed by atoms with Crippen molar-refractivity contribution in [3.63, 3.8) is 0 Å². The second-order valence-corrected chi connectivity index (χ2v) is 7.37. The van der Waals surface area contributed by atoms with Crippen molar-refractivity contribution in [2.75, 3.05) is 27.9 Å². The molecule has 0 bridgehead atoms. The third-order valence-corrected chi connectivity index (χ3v) is 5.31. The molecule has 1 N–H and O–H groups in total. The van der Waals surface area contributed by atoms with Crippen molar-refractivity contribution in [2.24, 2.45) is 0 Å². The molecule has 0 spiro atoms. The van der Waals surface area contributed by atoms with Crippen LogP contribution in [0.15, 0.2) is 36.4 Å². The maximum Gasteiger partial charge on any atom is 0.223 e. The number of aliphatic hydroxyl groups excluding tert-OH is 1. The normalized spacial score (nSPS) is 11.8. The fourth-order valence-corrected chi connectivity index (χ4v) is 3.30. The Bertz CT molecular complexity index is 791. The van der Waals surface area contributed by atoms with Gasteiger partial charge in [0.25, 0.3) is 0 Å². The van der Waals surface area contributed by atoms with Crippen LogP contribution < -0.4 is 9.47 Å². The smallest absolute Gasteiger partial charge is 0.223 e. The van der Waals surface area contributed by atoms with Crippen LogP contribution in [-0.2, 0) is 11.3 Å². The van der Waals surface area contributed by atoms with Gasteiger partial charge in [-0.3, -0.25) is 4.79 Å². The van der Waals surface area contributed by atoms with E-state index < -0.39 is 0 Å². The standard InChI is InChI=1S/C21H25Cl2NO4/c1-24(13-14-8-17(27-2)12-18(9-14)28-3)21(26)11-16(6-7-25)15-4-5-19(22)20(23)10-15/h4-5,8-10,12,16,25H,6-7,11,13H2,1-3H3. The first-order valence-corrected chi connectivity index (χ1v) is 9.65. The van der Waals surface area contributed by atoms with E-state index in [-0.39, 0.29) is 24.9 Å². The Labute approximate surface area is 175 Å². The van der Waals surface area contributed by atoms with Gasteiger partial charge < -0.3 is 19.5 Å². The van der Waals surface area contributed by atoms with E-state index in [9.17, 15) is 9.90 Å². The van der Waals surface area contributed by atoms with E-state index in [4.69, 9.17) is 32.7 Å². The number of nitrogens with zero attached hydrogens (tertiary/aromatic N) is 1. The van der Waals surface area contributed by atoms with E-state index in [1.807, 2.05) is 18.2 Å². The summed E-state index contributed by atoms with van der Waals surface area (Å²) in [5, 5.41) is 10.3. The maximum absolute atomic E-state index is 12.8. The Kier molecular flexibility index (Phi) is 8.42. The zero-order valence-electron chi connectivity index (χ0n) is 16.2. The first-order valence-electron chi connectivity index (χ1n) is 8.89. The molecule has 5 nitrogen and oxygen atoms in total. The molecule has 0 aliphatic heterocycles. The Balaban J connectivity index is 2.11. The summed E-state index contributed by atoms with van der Waals surface area (Å²) in [6.07, 6.45) is 0.723. The van der Waals surface area contributed by atoms with Gasteiger partial charge in [0, 0.05) is 32.7 Å². The minimum Gasteiger partial charge on any atom is -0.497 e. The van der Waals surface area contributed by atoms with Crippen molar-refractivity contribution in [1.29, 1.82) is 0 Å². The fourth-order valence-electron chi connectivity index (χ4n) is 3.00. The second kappa shape index (κ2) is 10.6. The van der Waals surface area contributed by atoms with Crippen molar-refractivity contribution in [3.05, 3.63) is 57.6 Å². The SMILES string of the molecule is COc1cc(CN(C)C(=O)CC(CCO)c2ccc(Cl)c(Cl)c2)cc(OC)c1. The summed E-state index contributed by atoms with van der Waals surface area (Å²) in [6.45, 7) is 0.397. The predicted molar refractivity (Wildman–Crippen MR) is 112 cm³/mol. The van der Waals surface area contributed by atoms with Gasteiger partial charge in [-0.2, -0.15) is 0 Å². The largest absolute Gasteiger partial charge is 0.497 e. The number of ether oxygens (including phenoxy) is 2. The van der Waals surface area contributed by atoms with Gasteiger partial charge in [-0.25, -0.2) is 0 Å². The molecule has 0 heterocycles. The molecule has 0 saturated carbocycles. The summed E-state index contributed by atoms with van der Waals surface area (Å²) in [5.41, 5.74) is 1.79. The highest BCUT2D eigenvalue weighted by molar-refractivity contribution is 6.42. The average molecular weight is 426 g/mol. The fraction of sp³-hybridized carbons (Fsp3) is 0.381. The van der Waals surface area contributed by atoms with Crippen LogP contribution >= 0.6 is 23.2 Å². The number of carbonyl (C=O) groups excluding carboxylic acids is 1. The zero-order valence-corrected chi connectivity index (χ0v) is 17.8. The number of amides is 1. The Hall–Kier alpha value is -1.95. The van der Waals surface area contributed by atoms with Gasteiger partial charge in [-0.15, -0.1) is 0 Å². The molecule has 1 atom stereocenters. The Morgan fingerprint density at radius 3 is 2.25 bits per heavy atom. The molecule has 2 rings (SSSR count). The van der Waals surface area contributed by atoms with Gasteiger partial charge in [-0.05, 0) is 47.7 Å². The van der Waals surface area contributed by atoms with Gasteiger partial charge in [0.2, 0.25) is 5.91 Å². The molecule has 1 amide bonds. The topological polar surface area (TPSA) is 59.0 Å². The highest BCUT2D eigenvalue weighted by Crippen LogP contribution is 2.30. The van der Waals surface area contributed by atoms with Crippen molar-refractivity contribution < 1.29 is 19.4 Å². The highest BCUT2D eigenvalue weighted by Gasteiger charge is 2.20. The van der Waals surface area contributed by atoms with E-state index in [1.54, 1.807) is 44.4 Å². The van der Waals surface area contributed by atoms with E-state index >= 15 is 0 Å².